The van der Waals surface area contributed by atoms with E-state index in [4.69, 9.17) is 4.74 Å². The van der Waals surface area contributed by atoms with Crippen molar-refractivity contribution in [2.75, 3.05) is 27.5 Å². The Bertz CT molecular complexity index is 1160. The molecule has 0 fully saturated rings. The first kappa shape index (κ1) is 25.8. The highest BCUT2D eigenvalue weighted by molar-refractivity contribution is 7.90. The Balaban J connectivity index is 2.13. The predicted octanol–water partition coefficient (Wildman–Crippen LogP) is 2.55. The number of amides is 1. The number of nitrogens with zero attached hydrogens (tertiary/aromatic N) is 1. The van der Waals surface area contributed by atoms with E-state index in [1.807, 2.05) is 6.92 Å². The summed E-state index contributed by atoms with van der Waals surface area (Å²) in [5.41, 5.74) is 1.43. The van der Waals surface area contributed by atoms with Gasteiger partial charge in [-0.15, -0.1) is 0 Å². The Morgan fingerprint density at radius 2 is 1.62 bits per heavy atom. The molecule has 8 nitrogen and oxygen atoms in total. The van der Waals surface area contributed by atoms with E-state index in [0.29, 0.717) is 24.2 Å². The number of carbonyl (C=O) groups excluding carboxylic acids is 1. The van der Waals surface area contributed by atoms with Gasteiger partial charge in [-0.3, -0.25) is 4.79 Å². The standard InChI is InChI=1S/C22H30N2O6S2/c1-6-20(16-7-10-18(11-8-16)31(5,26)27)23-22(25)14-9-17-15-19(12-13-21(17)30-4)32(28,29)24(2)3/h7-8,10-13,15,20H,6,9,14H2,1-5H3,(H,23,25)/t20-/m1/s1. The summed E-state index contributed by atoms with van der Waals surface area (Å²) >= 11 is 0. The lowest BCUT2D eigenvalue weighted by molar-refractivity contribution is -0.121. The molecule has 176 valence electrons. The summed E-state index contributed by atoms with van der Waals surface area (Å²) in [6, 6.07) is 10.8. The van der Waals surface area contributed by atoms with Crippen molar-refractivity contribution in [3.63, 3.8) is 0 Å². The molecule has 0 spiro atoms. The number of hydrogen-bond acceptors (Lipinski definition) is 6. The number of methoxy groups -OCH3 is 1. The molecule has 0 bridgehead atoms. The van der Waals surface area contributed by atoms with Gasteiger partial charge in [0, 0.05) is 26.8 Å². The lowest BCUT2D eigenvalue weighted by Gasteiger charge is -2.18. The van der Waals surface area contributed by atoms with E-state index >= 15 is 0 Å². The van der Waals surface area contributed by atoms with Gasteiger partial charge >= 0.3 is 0 Å². The Hall–Kier alpha value is -2.43. The fourth-order valence-electron chi connectivity index (χ4n) is 3.20. The van der Waals surface area contributed by atoms with E-state index in [1.54, 1.807) is 18.2 Å². The molecule has 0 aliphatic rings. The molecular formula is C22H30N2O6S2. The van der Waals surface area contributed by atoms with Crippen LogP contribution >= 0.6 is 0 Å². The van der Waals surface area contributed by atoms with Crippen LogP contribution in [0.5, 0.6) is 5.75 Å². The van der Waals surface area contributed by atoms with Crippen molar-refractivity contribution >= 4 is 25.8 Å². The minimum Gasteiger partial charge on any atom is -0.496 e. The molecule has 1 atom stereocenters. The summed E-state index contributed by atoms with van der Waals surface area (Å²) < 4.78 is 54.6. The molecule has 0 aromatic heterocycles. The number of sulfone groups is 1. The smallest absolute Gasteiger partial charge is 0.242 e. The number of aryl methyl sites for hydroxylation is 1. The molecule has 0 aliphatic carbocycles. The molecule has 32 heavy (non-hydrogen) atoms. The second-order valence-electron chi connectivity index (χ2n) is 7.63. The second-order valence-corrected chi connectivity index (χ2v) is 11.8. The summed E-state index contributed by atoms with van der Waals surface area (Å²) in [6.07, 6.45) is 2.22. The van der Waals surface area contributed by atoms with Gasteiger partial charge in [-0.2, -0.15) is 0 Å². The van der Waals surface area contributed by atoms with E-state index in [1.165, 1.54) is 45.5 Å². The maximum absolute atomic E-state index is 12.6. The molecular weight excluding hydrogens is 452 g/mol. The summed E-state index contributed by atoms with van der Waals surface area (Å²) in [4.78, 5) is 13.0. The van der Waals surface area contributed by atoms with Crippen molar-refractivity contribution < 1.29 is 26.4 Å². The molecule has 0 aliphatic heterocycles. The highest BCUT2D eigenvalue weighted by atomic mass is 32.2. The summed E-state index contributed by atoms with van der Waals surface area (Å²) in [5.74, 6) is 0.311. The zero-order valence-electron chi connectivity index (χ0n) is 19.0. The molecule has 0 radical (unpaired) electrons. The third-order valence-corrected chi connectivity index (χ3v) is 8.05. The Kier molecular flexibility index (Phi) is 8.44. The average molecular weight is 483 g/mol. The maximum atomic E-state index is 12.6. The van der Waals surface area contributed by atoms with Crippen LogP contribution < -0.4 is 10.1 Å². The fraction of sp³-hybridized carbons (Fsp3) is 0.409. The first-order chi connectivity index (χ1) is 14.9. The third kappa shape index (κ3) is 6.30. The van der Waals surface area contributed by atoms with Crippen LogP contribution in [0.3, 0.4) is 0 Å². The first-order valence-corrected chi connectivity index (χ1v) is 13.4. The van der Waals surface area contributed by atoms with Crippen molar-refractivity contribution in [3.05, 3.63) is 53.6 Å². The number of carbonyl (C=O) groups is 1. The molecule has 2 rings (SSSR count). The number of rotatable bonds is 10. The van der Waals surface area contributed by atoms with Crippen LogP contribution in [0.2, 0.25) is 0 Å². The normalized spacial score (nSPS) is 13.1. The number of ether oxygens (including phenoxy) is 1. The van der Waals surface area contributed by atoms with Gasteiger partial charge in [0.05, 0.1) is 22.9 Å². The van der Waals surface area contributed by atoms with Gasteiger partial charge in [0.15, 0.2) is 9.84 Å². The van der Waals surface area contributed by atoms with Crippen molar-refractivity contribution in [3.8, 4) is 5.75 Å². The molecule has 0 saturated heterocycles. The van der Waals surface area contributed by atoms with Gasteiger partial charge in [0.25, 0.3) is 0 Å². The Labute approximate surface area is 190 Å². The van der Waals surface area contributed by atoms with E-state index in [2.05, 4.69) is 5.32 Å². The molecule has 0 unspecified atom stereocenters. The predicted molar refractivity (Wildman–Crippen MR) is 123 cm³/mol. The van der Waals surface area contributed by atoms with Crippen LogP contribution in [0.1, 0.15) is 36.9 Å². The summed E-state index contributed by atoms with van der Waals surface area (Å²) in [7, 11) is -2.48. The van der Waals surface area contributed by atoms with Crippen LogP contribution in [-0.2, 0) is 31.1 Å². The molecule has 2 aromatic rings. The van der Waals surface area contributed by atoms with Gasteiger partial charge in [0.1, 0.15) is 5.75 Å². The van der Waals surface area contributed by atoms with Crippen LogP contribution in [0.15, 0.2) is 52.3 Å². The molecule has 1 amide bonds. The van der Waals surface area contributed by atoms with Crippen LogP contribution in [0, 0.1) is 0 Å². The van der Waals surface area contributed by atoms with Gasteiger partial charge in [-0.05, 0) is 54.3 Å². The number of hydrogen-bond donors (Lipinski definition) is 1. The van der Waals surface area contributed by atoms with E-state index in [-0.39, 0.29) is 28.2 Å². The van der Waals surface area contributed by atoms with Gasteiger partial charge in [-0.25, -0.2) is 21.1 Å². The van der Waals surface area contributed by atoms with Crippen molar-refractivity contribution in [2.24, 2.45) is 0 Å². The lowest BCUT2D eigenvalue weighted by atomic mass is 10.0. The fourth-order valence-corrected chi connectivity index (χ4v) is 4.79. The van der Waals surface area contributed by atoms with Gasteiger partial charge in [-0.1, -0.05) is 19.1 Å². The molecule has 0 heterocycles. The van der Waals surface area contributed by atoms with Crippen molar-refractivity contribution in [2.45, 2.75) is 42.0 Å². The quantitative estimate of drug-likeness (QED) is 0.557. The minimum absolute atomic E-state index is 0.135. The first-order valence-electron chi connectivity index (χ1n) is 10.1. The average Bonchev–Trinajstić information content (AvgIpc) is 2.75. The molecule has 0 saturated carbocycles. The summed E-state index contributed by atoms with van der Waals surface area (Å²) in [5, 5.41) is 2.96. The highest BCUT2D eigenvalue weighted by Gasteiger charge is 2.20. The van der Waals surface area contributed by atoms with Crippen LogP contribution in [0.4, 0.5) is 0 Å². The third-order valence-electron chi connectivity index (χ3n) is 5.11. The van der Waals surface area contributed by atoms with Crippen LogP contribution in [0.25, 0.3) is 0 Å². The Morgan fingerprint density at radius 1 is 1.03 bits per heavy atom. The lowest BCUT2D eigenvalue weighted by Crippen LogP contribution is -2.28. The maximum Gasteiger partial charge on any atom is 0.242 e. The molecule has 2 aromatic carbocycles. The SMILES string of the molecule is CC[C@@H](NC(=O)CCc1cc(S(=O)(=O)N(C)C)ccc1OC)c1ccc(S(C)(=O)=O)cc1. The monoisotopic (exact) mass is 482 g/mol. The number of nitrogens with one attached hydrogen (secondary N) is 1. The molecule has 10 heteroatoms. The number of sulfonamides is 1. The highest BCUT2D eigenvalue weighted by Crippen LogP contribution is 2.25. The molecule has 1 N–H and O–H groups in total. The van der Waals surface area contributed by atoms with Crippen molar-refractivity contribution in [1.29, 1.82) is 0 Å². The summed E-state index contributed by atoms with van der Waals surface area (Å²) in [6.45, 7) is 1.92. The minimum atomic E-state index is -3.60. The topological polar surface area (TPSA) is 110 Å². The largest absolute Gasteiger partial charge is 0.496 e. The zero-order chi connectivity index (χ0) is 24.1. The zero-order valence-corrected chi connectivity index (χ0v) is 20.6. The Morgan fingerprint density at radius 3 is 2.12 bits per heavy atom. The van der Waals surface area contributed by atoms with E-state index in [9.17, 15) is 21.6 Å². The number of benzene rings is 2. The van der Waals surface area contributed by atoms with Gasteiger partial charge < -0.3 is 10.1 Å². The van der Waals surface area contributed by atoms with Gasteiger partial charge in [0.2, 0.25) is 15.9 Å². The van der Waals surface area contributed by atoms with E-state index < -0.39 is 19.9 Å². The second kappa shape index (κ2) is 10.5. The van der Waals surface area contributed by atoms with Crippen LogP contribution in [-0.4, -0.2) is 54.5 Å². The van der Waals surface area contributed by atoms with Crippen molar-refractivity contribution in [1.82, 2.24) is 9.62 Å². The van der Waals surface area contributed by atoms with E-state index in [0.717, 1.165) is 16.1 Å².